The molecule has 140 valence electrons. The van der Waals surface area contributed by atoms with Gasteiger partial charge >= 0.3 is 0 Å². The lowest BCUT2D eigenvalue weighted by atomic mass is 10.1. The number of carbonyl (C=O) groups excluding carboxylic acids is 1. The van der Waals surface area contributed by atoms with Crippen LogP contribution in [0.3, 0.4) is 0 Å². The maximum absolute atomic E-state index is 13.1. The van der Waals surface area contributed by atoms with Crippen LogP contribution in [0.25, 0.3) is 11.0 Å². The molecule has 4 aromatic rings. The van der Waals surface area contributed by atoms with Crippen molar-refractivity contribution in [3.63, 3.8) is 0 Å². The number of carbonyl (C=O) groups is 1. The zero-order valence-electron chi connectivity index (χ0n) is 14.9. The van der Waals surface area contributed by atoms with Crippen LogP contribution in [0.2, 0.25) is 0 Å². The van der Waals surface area contributed by atoms with E-state index in [-0.39, 0.29) is 21.9 Å². The van der Waals surface area contributed by atoms with E-state index in [4.69, 9.17) is 4.74 Å². The third-order valence-corrected chi connectivity index (χ3v) is 5.93. The minimum absolute atomic E-state index is 0.109. The largest absolute Gasteiger partial charge is 0.457 e. The molecule has 4 rings (SSSR count). The number of pyridine rings is 1. The molecule has 0 saturated carbocycles. The summed E-state index contributed by atoms with van der Waals surface area (Å²) in [6.07, 6.45) is 2.77. The molecular weight excluding hydrogens is 376 g/mol. The molecule has 0 unspecified atom stereocenters. The topological polar surface area (TPSA) is 78.3 Å². The van der Waals surface area contributed by atoms with Gasteiger partial charge in [-0.3, -0.25) is 4.79 Å². The summed E-state index contributed by atoms with van der Waals surface area (Å²) in [5.41, 5.74) is 0.371. The predicted octanol–water partition coefficient (Wildman–Crippen LogP) is 4.27. The van der Waals surface area contributed by atoms with Gasteiger partial charge in [0.1, 0.15) is 11.5 Å². The average Bonchev–Trinajstić information content (AvgIpc) is 3.11. The van der Waals surface area contributed by atoms with Gasteiger partial charge in [-0.1, -0.05) is 36.4 Å². The van der Waals surface area contributed by atoms with E-state index in [0.717, 1.165) is 3.97 Å². The number of ether oxygens (including phenoxy) is 1. The van der Waals surface area contributed by atoms with E-state index in [1.807, 2.05) is 18.2 Å². The molecule has 0 saturated heterocycles. The highest BCUT2D eigenvalue weighted by Gasteiger charge is 2.25. The Morgan fingerprint density at radius 1 is 0.964 bits per heavy atom. The molecule has 6 nitrogen and oxygen atoms in total. The molecule has 0 N–H and O–H groups in total. The highest BCUT2D eigenvalue weighted by Crippen LogP contribution is 2.34. The average molecular weight is 392 g/mol. The van der Waals surface area contributed by atoms with Crippen molar-refractivity contribution < 1.29 is 17.9 Å². The Hall–Kier alpha value is -3.45. The molecule has 2 heterocycles. The second kappa shape index (κ2) is 6.94. The monoisotopic (exact) mass is 392 g/mol. The van der Waals surface area contributed by atoms with E-state index in [1.165, 1.54) is 31.5 Å². The number of fused-ring (bicyclic) bond motifs is 1. The molecule has 0 bridgehead atoms. The molecule has 0 radical (unpaired) electrons. The maximum atomic E-state index is 13.1. The van der Waals surface area contributed by atoms with Crippen molar-refractivity contribution in [1.29, 1.82) is 0 Å². The van der Waals surface area contributed by atoms with Gasteiger partial charge in [0.15, 0.2) is 11.4 Å². The van der Waals surface area contributed by atoms with Crippen LogP contribution in [0.15, 0.2) is 84.0 Å². The summed E-state index contributed by atoms with van der Waals surface area (Å²) < 4.78 is 33.2. The van der Waals surface area contributed by atoms with Gasteiger partial charge in [-0.15, -0.1) is 0 Å². The number of ketones is 1. The van der Waals surface area contributed by atoms with Crippen molar-refractivity contribution >= 4 is 26.8 Å². The summed E-state index contributed by atoms with van der Waals surface area (Å²) in [7, 11) is -3.92. The van der Waals surface area contributed by atoms with Crippen molar-refractivity contribution in [2.24, 2.45) is 0 Å². The number of hydrogen-bond acceptors (Lipinski definition) is 5. The fourth-order valence-corrected chi connectivity index (χ4v) is 4.29. The van der Waals surface area contributed by atoms with Gasteiger partial charge in [0.25, 0.3) is 10.0 Å². The minimum atomic E-state index is -3.92. The van der Waals surface area contributed by atoms with Crippen molar-refractivity contribution in [3.8, 4) is 11.5 Å². The van der Waals surface area contributed by atoms with E-state index in [0.29, 0.717) is 16.9 Å². The van der Waals surface area contributed by atoms with Gasteiger partial charge < -0.3 is 4.74 Å². The first kappa shape index (κ1) is 17.9. The number of Topliss-reactive ketones (excluding diaryl/α,β-unsaturated/α-hetero) is 1. The highest BCUT2D eigenvalue weighted by molar-refractivity contribution is 7.90. The van der Waals surface area contributed by atoms with Gasteiger partial charge in [0, 0.05) is 18.0 Å². The standard InChI is InChI=1S/C21H16N2O4S/c1-15(24)18-14-23(28(25,26)17-10-6-3-7-11-17)21-20(18)19(12-13-22-21)27-16-8-4-2-5-9-16/h2-14H,1H3. The van der Waals surface area contributed by atoms with Crippen LogP contribution in [-0.2, 0) is 10.0 Å². The second-order valence-corrected chi connectivity index (χ2v) is 7.95. The Balaban J connectivity index is 1.96. The van der Waals surface area contributed by atoms with Crippen molar-refractivity contribution in [2.75, 3.05) is 0 Å². The highest BCUT2D eigenvalue weighted by atomic mass is 32.2. The van der Waals surface area contributed by atoms with Gasteiger partial charge in [-0.25, -0.2) is 17.4 Å². The second-order valence-electron chi connectivity index (χ2n) is 6.14. The van der Waals surface area contributed by atoms with E-state index < -0.39 is 10.0 Å². The Kier molecular flexibility index (Phi) is 4.44. The van der Waals surface area contributed by atoms with Gasteiger partial charge in [-0.05, 0) is 37.3 Å². The van der Waals surface area contributed by atoms with Crippen molar-refractivity contribution in [3.05, 3.63) is 84.7 Å². The summed E-state index contributed by atoms with van der Waals surface area (Å²) in [6.45, 7) is 1.38. The molecule has 0 aliphatic heterocycles. The van der Waals surface area contributed by atoms with E-state index in [2.05, 4.69) is 4.98 Å². The number of benzene rings is 2. The quantitative estimate of drug-likeness (QED) is 0.474. The molecule has 0 spiro atoms. The van der Waals surface area contributed by atoms with Gasteiger partial charge in [0.05, 0.1) is 10.3 Å². The van der Waals surface area contributed by atoms with E-state index >= 15 is 0 Å². The third kappa shape index (κ3) is 3.05. The predicted molar refractivity (Wildman–Crippen MR) is 105 cm³/mol. The number of para-hydroxylation sites is 1. The maximum Gasteiger partial charge on any atom is 0.269 e. The first-order valence-corrected chi connectivity index (χ1v) is 9.97. The molecule has 0 aliphatic rings. The first-order chi connectivity index (χ1) is 13.5. The first-order valence-electron chi connectivity index (χ1n) is 8.53. The minimum Gasteiger partial charge on any atom is -0.457 e. The fourth-order valence-electron chi connectivity index (χ4n) is 2.95. The fraction of sp³-hybridized carbons (Fsp3) is 0.0476. The molecule has 0 atom stereocenters. The Labute approximate surface area is 162 Å². The van der Waals surface area contributed by atoms with Crippen LogP contribution in [0, 0.1) is 0 Å². The molecule has 28 heavy (non-hydrogen) atoms. The zero-order chi connectivity index (χ0) is 19.7. The van der Waals surface area contributed by atoms with Gasteiger partial charge in [0.2, 0.25) is 0 Å². The van der Waals surface area contributed by atoms with Crippen LogP contribution < -0.4 is 4.74 Å². The molecular formula is C21H16N2O4S. The molecule has 0 amide bonds. The SMILES string of the molecule is CC(=O)c1cn(S(=O)(=O)c2ccccc2)c2nccc(Oc3ccccc3)c12. The summed E-state index contributed by atoms with van der Waals surface area (Å²) in [5, 5.41) is 0.360. The van der Waals surface area contributed by atoms with Crippen LogP contribution in [-0.4, -0.2) is 23.2 Å². The summed E-state index contributed by atoms with van der Waals surface area (Å²) in [5.74, 6) is 0.657. The third-order valence-electron chi connectivity index (χ3n) is 4.27. The van der Waals surface area contributed by atoms with Crippen LogP contribution in [0.5, 0.6) is 11.5 Å². The number of nitrogens with zero attached hydrogens (tertiary/aromatic N) is 2. The molecule has 0 aliphatic carbocycles. The van der Waals surface area contributed by atoms with Crippen LogP contribution >= 0.6 is 0 Å². The number of aromatic nitrogens is 2. The van der Waals surface area contributed by atoms with Gasteiger partial charge in [-0.2, -0.15) is 0 Å². The Bertz CT molecular complexity index is 1260. The smallest absolute Gasteiger partial charge is 0.269 e. The lowest BCUT2D eigenvalue weighted by Gasteiger charge is -2.09. The molecule has 2 aromatic heterocycles. The lowest BCUT2D eigenvalue weighted by Crippen LogP contribution is -2.12. The summed E-state index contributed by atoms with van der Waals surface area (Å²) >= 11 is 0. The summed E-state index contributed by atoms with van der Waals surface area (Å²) in [6, 6.07) is 18.7. The normalized spacial score (nSPS) is 11.5. The molecule has 7 heteroatoms. The number of rotatable bonds is 5. The van der Waals surface area contributed by atoms with Crippen molar-refractivity contribution in [2.45, 2.75) is 11.8 Å². The molecule has 0 fully saturated rings. The van der Waals surface area contributed by atoms with E-state index in [1.54, 1.807) is 36.4 Å². The van der Waals surface area contributed by atoms with Crippen molar-refractivity contribution in [1.82, 2.24) is 8.96 Å². The van der Waals surface area contributed by atoms with E-state index in [9.17, 15) is 13.2 Å². The molecule has 2 aromatic carbocycles. The lowest BCUT2D eigenvalue weighted by molar-refractivity contribution is 0.101. The Morgan fingerprint density at radius 3 is 2.25 bits per heavy atom. The summed E-state index contributed by atoms with van der Waals surface area (Å²) in [4.78, 5) is 16.6. The number of hydrogen-bond donors (Lipinski definition) is 0. The van der Waals surface area contributed by atoms with Crippen LogP contribution in [0.1, 0.15) is 17.3 Å². The Morgan fingerprint density at radius 2 is 1.61 bits per heavy atom. The zero-order valence-corrected chi connectivity index (χ0v) is 15.8. The van der Waals surface area contributed by atoms with Crippen LogP contribution in [0.4, 0.5) is 0 Å².